The van der Waals surface area contributed by atoms with Gasteiger partial charge in [0.2, 0.25) is 0 Å². The van der Waals surface area contributed by atoms with Gasteiger partial charge in [-0.15, -0.1) is 11.3 Å². The number of thiazole rings is 1. The Bertz CT molecular complexity index is 496. The normalized spacial score (nSPS) is 12.1. The molecule has 0 amide bonds. The number of aromatic nitrogens is 1. The molecule has 4 nitrogen and oxygen atoms in total. The van der Waals surface area contributed by atoms with Gasteiger partial charge < -0.3 is 9.47 Å². The second kappa shape index (κ2) is 7.01. The molecule has 0 saturated heterocycles. The number of carbonyl (C=O) groups is 1. The standard InChI is InChI=1S/C14H15NO3S/c1-17-14(6-12-9-19-10-15-12)8-18-13-4-2-11(7-16)3-5-13/h2-5,7,9-10,14H,6,8H2,1H3. The predicted octanol–water partition coefficient (Wildman–Crippen LogP) is 2.59. The Morgan fingerprint density at radius 2 is 2.16 bits per heavy atom. The van der Waals surface area contributed by atoms with Crippen molar-refractivity contribution in [2.75, 3.05) is 13.7 Å². The smallest absolute Gasteiger partial charge is 0.150 e. The first-order valence-electron chi connectivity index (χ1n) is 5.89. The fraction of sp³-hybridized carbons (Fsp3) is 0.286. The van der Waals surface area contributed by atoms with Crippen molar-refractivity contribution in [3.05, 3.63) is 46.4 Å². The van der Waals surface area contributed by atoms with E-state index in [-0.39, 0.29) is 6.10 Å². The molecule has 0 spiro atoms. The van der Waals surface area contributed by atoms with Crippen molar-refractivity contribution < 1.29 is 14.3 Å². The van der Waals surface area contributed by atoms with Crippen LogP contribution in [0.15, 0.2) is 35.2 Å². The van der Waals surface area contributed by atoms with Gasteiger partial charge in [-0.05, 0) is 24.3 Å². The Kier molecular flexibility index (Phi) is 5.06. The highest BCUT2D eigenvalue weighted by Crippen LogP contribution is 2.13. The van der Waals surface area contributed by atoms with Crippen LogP contribution in [0.3, 0.4) is 0 Å². The molecule has 0 aliphatic heterocycles. The molecule has 0 saturated carbocycles. The number of hydrogen-bond acceptors (Lipinski definition) is 5. The van der Waals surface area contributed by atoms with Gasteiger partial charge in [0.15, 0.2) is 0 Å². The molecule has 1 heterocycles. The lowest BCUT2D eigenvalue weighted by molar-refractivity contribution is 0.0579. The number of aldehydes is 1. The topological polar surface area (TPSA) is 48.4 Å². The van der Waals surface area contributed by atoms with Crippen LogP contribution in [0, 0.1) is 0 Å². The summed E-state index contributed by atoms with van der Waals surface area (Å²) in [5.74, 6) is 0.728. The summed E-state index contributed by atoms with van der Waals surface area (Å²) in [7, 11) is 1.66. The molecule has 100 valence electrons. The summed E-state index contributed by atoms with van der Waals surface area (Å²) < 4.78 is 11.0. The molecule has 1 aromatic carbocycles. The molecule has 0 radical (unpaired) electrons. The largest absolute Gasteiger partial charge is 0.491 e. The van der Waals surface area contributed by atoms with E-state index < -0.39 is 0 Å². The minimum absolute atomic E-state index is 0.0344. The van der Waals surface area contributed by atoms with Gasteiger partial charge in [-0.1, -0.05) is 0 Å². The fourth-order valence-electron chi connectivity index (χ4n) is 1.61. The number of rotatable bonds is 7. The van der Waals surface area contributed by atoms with E-state index in [1.54, 1.807) is 48.2 Å². The molecule has 2 rings (SSSR count). The van der Waals surface area contributed by atoms with Crippen LogP contribution in [0.4, 0.5) is 0 Å². The maximum Gasteiger partial charge on any atom is 0.150 e. The number of nitrogens with zero attached hydrogens (tertiary/aromatic N) is 1. The second-order valence-corrected chi connectivity index (χ2v) is 4.76. The molecule has 0 N–H and O–H groups in total. The van der Waals surface area contributed by atoms with Crippen LogP contribution in [0.1, 0.15) is 16.1 Å². The quantitative estimate of drug-likeness (QED) is 0.730. The van der Waals surface area contributed by atoms with E-state index in [4.69, 9.17) is 9.47 Å². The van der Waals surface area contributed by atoms with Crippen molar-refractivity contribution in [3.8, 4) is 5.75 Å². The average Bonchev–Trinajstić information content (AvgIpc) is 2.97. The maximum atomic E-state index is 10.5. The molecule has 1 atom stereocenters. The number of benzene rings is 1. The first kappa shape index (κ1) is 13.7. The van der Waals surface area contributed by atoms with E-state index in [0.29, 0.717) is 12.2 Å². The highest BCUT2D eigenvalue weighted by Gasteiger charge is 2.11. The zero-order valence-electron chi connectivity index (χ0n) is 10.6. The van der Waals surface area contributed by atoms with Crippen LogP contribution in [-0.2, 0) is 11.2 Å². The Morgan fingerprint density at radius 1 is 1.37 bits per heavy atom. The lowest BCUT2D eigenvalue weighted by atomic mass is 10.2. The highest BCUT2D eigenvalue weighted by molar-refractivity contribution is 7.07. The number of ether oxygens (including phenoxy) is 2. The Morgan fingerprint density at radius 3 is 2.74 bits per heavy atom. The lowest BCUT2D eigenvalue weighted by Gasteiger charge is -2.15. The number of hydrogen-bond donors (Lipinski definition) is 0. The third kappa shape index (κ3) is 4.15. The summed E-state index contributed by atoms with van der Waals surface area (Å²) in [6.45, 7) is 0.453. The number of methoxy groups -OCH3 is 1. The second-order valence-electron chi connectivity index (χ2n) is 4.04. The third-order valence-electron chi connectivity index (χ3n) is 2.71. The first-order valence-corrected chi connectivity index (χ1v) is 6.84. The van der Waals surface area contributed by atoms with Crippen LogP contribution in [0.5, 0.6) is 5.75 Å². The molecular formula is C14H15NO3S. The fourth-order valence-corrected chi connectivity index (χ4v) is 2.18. The van der Waals surface area contributed by atoms with Crippen molar-refractivity contribution in [2.45, 2.75) is 12.5 Å². The summed E-state index contributed by atoms with van der Waals surface area (Å²) >= 11 is 1.57. The predicted molar refractivity (Wildman–Crippen MR) is 73.9 cm³/mol. The van der Waals surface area contributed by atoms with E-state index in [1.165, 1.54) is 0 Å². The summed E-state index contributed by atoms with van der Waals surface area (Å²) in [6, 6.07) is 7.01. The zero-order chi connectivity index (χ0) is 13.5. The minimum atomic E-state index is -0.0344. The minimum Gasteiger partial charge on any atom is -0.491 e. The van der Waals surface area contributed by atoms with Crippen LogP contribution in [0.2, 0.25) is 0 Å². The molecule has 19 heavy (non-hydrogen) atoms. The Hall–Kier alpha value is -1.72. The molecule has 0 fully saturated rings. The summed E-state index contributed by atoms with van der Waals surface area (Å²) in [4.78, 5) is 14.8. The van der Waals surface area contributed by atoms with Crippen LogP contribution >= 0.6 is 11.3 Å². The van der Waals surface area contributed by atoms with Crippen LogP contribution in [-0.4, -0.2) is 31.1 Å². The van der Waals surface area contributed by atoms with E-state index in [9.17, 15) is 4.79 Å². The monoisotopic (exact) mass is 277 g/mol. The number of carbonyl (C=O) groups excluding carboxylic acids is 1. The van der Waals surface area contributed by atoms with Gasteiger partial charge in [0.05, 0.1) is 17.3 Å². The summed E-state index contributed by atoms with van der Waals surface area (Å²) in [6.07, 6.45) is 1.50. The van der Waals surface area contributed by atoms with Crippen molar-refractivity contribution in [1.82, 2.24) is 4.98 Å². The van der Waals surface area contributed by atoms with Gasteiger partial charge in [0.1, 0.15) is 18.6 Å². The SMILES string of the molecule is COC(COc1ccc(C=O)cc1)Cc1cscn1. The maximum absolute atomic E-state index is 10.5. The van der Waals surface area contributed by atoms with Gasteiger partial charge in [0.25, 0.3) is 0 Å². The van der Waals surface area contributed by atoms with Gasteiger partial charge in [0, 0.05) is 24.5 Å². The van der Waals surface area contributed by atoms with E-state index in [2.05, 4.69) is 4.98 Å². The molecule has 0 aliphatic rings. The highest BCUT2D eigenvalue weighted by atomic mass is 32.1. The van der Waals surface area contributed by atoms with Crippen molar-refractivity contribution in [3.63, 3.8) is 0 Å². The van der Waals surface area contributed by atoms with Crippen molar-refractivity contribution >= 4 is 17.6 Å². The molecular weight excluding hydrogens is 262 g/mol. The molecule has 1 unspecified atom stereocenters. The summed E-state index contributed by atoms with van der Waals surface area (Å²) in [5, 5.41) is 2.00. The third-order valence-corrected chi connectivity index (χ3v) is 3.34. The first-order chi connectivity index (χ1) is 9.31. The molecule has 0 bridgehead atoms. The molecule has 2 aromatic rings. The Balaban J connectivity index is 1.86. The van der Waals surface area contributed by atoms with Crippen molar-refractivity contribution in [2.24, 2.45) is 0 Å². The van der Waals surface area contributed by atoms with Crippen LogP contribution < -0.4 is 4.74 Å². The lowest BCUT2D eigenvalue weighted by Crippen LogP contribution is -2.23. The van der Waals surface area contributed by atoms with E-state index in [0.717, 1.165) is 24.2 Å². The summed E-state index contributed by atoms with van der Waals surface area (Å²) in [5.41, 5.74) is 3.45. The molecule has 0 aliphatic carbocycles. The van der Waals surface area contributed by atoms with Crippen LogP contribution in [0.25, 0.3) is 0 Å². The van der Waals surface area contributed by atoms with Crippen molar-refractivity contribution in [1.29, 1.82) is 0 Å². The average molecular weight is 277 g/mol. The van der Waals surface area contributed by atoms with E-state index in [1.807, 2.05) is 5.38 Å². The van der Waals surface area contributed by atoms with E-state index >= 15 is 0 Å². The molecule has 1 aromatic heterocycles. The van der Waals surface area contributed by atoms with Gasteiger partial charge in [-0.25, -0.2) is 4.98 Å². The van der Waals surface area contributed by atoms with Gasteiger partial charge in [-0.2, -0.15) is 0 Å². The molecule has 5 heteroatoms. The zero-order valence-corrected chi connectivity index (χ0v) is 11.4. The Labute approximate surface area is 116 Å². The van der Waals surface area contributed by atoms with Gasteiger partial charge in [-0.3, -0.25) is 4.79 Å². The van der Waals surface area contributed by atoms with Gasteiger partial charge >= 0.3 is 0 Å².